The molecule has 0 aromatic carbocycles. The molecule has 2 nitrogen and oxygen atoms in total. The van der Waals surface area contributed by atoms with Gasteiger partial charge in [0.2, 0.25) is 0 Å². The molecule has 0 rings (SSSR count). The zero-order chi connectivity index (χ0) is 10.1. The highest BCUT2D eigenvalue weighted by Gasteiger charge is 2.03. The van der Waals surface area contributed by atoms with Crippen LogP contribution in [-0.2, 0) is 4.74 Å². The van der Waals surface area contributed by atoms with Gasteiger partial charge in [0.15, 0.2) is 0 Å². The number of rotatable bonds is 8. The van der Waals surface area contributed by atoms with Crippen LogP contribution in [-0.4, -0.2) is 18.2 Å². The first-order valence-electron chi connectivity index (χ1n) is 5.05. The lowest BCUT2D eigenvalue weighted by atomic mass is 10.2. The number of nitrogens with two attached hydrogens (primary N) is 1. The van der Waals surface area contributed by atoms with Crippen LogP contribution >= 0.6 is 12.2 Å². The van der Waals surface area contributed by atoms with Crippen LogP contribution in [0.3, 0.4) is 0 Å². The zero-order valence-electron chi connectivity index (χ0n) is 8.71. The molecule has 0 spiro atoms. The van der Waals surface area contributed by atoms with Crippen LogP contribution < -0.4 is 5.73 Å². The lowest BCUT2D eigenvalue weighted by molar-refractivity contribution is 0.117. The SMILES string of the molecule is CCCCCCOCC(C)C(N)=S. The highest BCUT2D eigenvalue weighted by Crippen LogP contribution is 2.01. The number of unbranched alkanes of at least 4 members (excludes halogenated alkanes) is 3. The van der Waals surface area contributed by atoms with E-state index in [2.05, 4.69) is 6.92 Å². The second-order valence-electron chi connectivity index (χ2n) is 3.44. The van der Waals surface area contributed by atoms with Crippen molar-refractivity contribution >= 4 is 17.2 Å². The molecule has 0 aliphatic rings. The highest BCUT2D eigenvalue weighted by molar-refractivity contribution is 7.80. The van der Waals surface area contributed by atoms with Crippen LogP contribution in [0.1, 0.15) is 39.5 Å². The fourth-order valence-electron chi connectivity index (χ4n) is 0.973. The molecule has 0 amide bonds. The Morgan fingerprint density at radius 2 is 2.08 bits per heavy atom. The second kappa shape index (κ2) is 8.45. The fraction of sp³-hybridized carbons (Fsp3) is 0.900. The van der Waals surface area contributed by atoms with Gasteiger partial charge in [-0.1, -0.05) is 45.3 Å². The molecule has 0 aliphatic carbocycles. The first-order chi connectivity index (χ1) is 6.18. The Balaban J connectivity index is 3.11. The minimum absolute atomic E-state index is 0.209. The Morgan fingerprint density at radius 1 is 1.38 bits per heavy atom. The predicted molar refractivity (Wildman–Crippen MR) is 60.9 cm³/mol. The topological polar surface area (TPSA) is 35.2 Å². The zero-order valence-corrected chi connectivity index (χ0v) is 9.53. The van der Waals surface area contributed by atoms with Crippen LogP contribution in [0.4, 0.5) is 0 Å². The summed E-state index contributed by atoms with van der Waals surface area (Å²) in [5, 5.41) is 0. The quantitative estimate of drug-likeness (QED) is 0.486. The minimum atomic E-state index is 0.209. The van der Waals surface area contributed by atoms with E-state index in [0.29, 0.717) is 11.6 Å². The van der Waals surface area contributed by atoms with E-state index in [9.17, 15) is 0 Å². The molecular formula is C10H21NOS. The van der Waals surface area contributed by atoms with Gasteiger partial charge in [0.05, 0.1) is 11.6 Å². The molecule has 3 heteroatoms. The van der Waals surface area contributed by atoms with Gasteiger partial charge in [-0.05, 0) is 6.42 Å². The maximum Gasteiger partial charge on any atom is 0.0779 e. The first kappa shape index (κ1) is 12.8. The fourth-order valence-corrected chi connectivity index (χ4v) is 1.04. The average Bonchev–Trinajstić information content (AvgIpc) is 2.10. The van der Waals surface area contributed by atoms with Crippen molar-refractivity contribution in [1.29, 1.82) is 0 Å². The van der Waals surface area contributed by atoms with E-state index < -0.39 is 0 Å². The lowest BCUT2D eigenvalue weighted by Gasteiger charge is -2.09. The molecule has 13 heavy (non-hydrogen) atoms. The number of hydrogen-bond acceptors (Lipinski definition) is 2. The molecule has 0 aromatic rings. The number of ether oxygens (including phenoxy) is 1. The molecule has 0 radical (unpaired) electrons. The van der Waals surface area contributed by atoms with Gasteiger partial charge >= 0.3 is 0 Å². The van der Waals surface area contributed by atoms with Crippen molar-refractivity contribution in [1.82, 2.24) is 0 Å². The van der Waals surface area contributed by atoms with E-state index >= 15 is 0 Å². The van der Waals surface area contributed by atoms with Crippen molar-refractivity contribution in [3.05, 3.63) is 0 Å². The Morgan fingerprint density at radius 3 is 2.62 bits per heavy atom. The second-order valence-corrected chi connectivity index (χ2v) is 3.91. The minimum Gasteiger partial charge on any atom is -0.393 e. The summed E-state index contributed by atoms with van der Waals surface area (Å²) in [5.74, 6) is 0.209. The molecule has 0 fully saturated rings. The lowest BCUT2D eigenvalue weighted by Crippen LogP contribution is -2.22. The molecule has 2 N–H and O–H groups in total. The van der Waals surface area contributed by atoms with Gasteiger partial charge in [0, 0.05) is 12.5 Å². The molecule has 1 unspecified atom stereocenters. The Labute approximate surface area is 86.8 Å². The standard InChI is InChI=1S/C10H21NOS/c1-3-4-5-6-7-12-8-9(2)10(11)13/h9H,3-8H2,1-2H3,(H2,11,13). The van der Waals surface area contributed by atoms with Crippen LogP contribution in [0.2, 0.25) is 0 Å². The van der Waals surface area contributed by atoms with Crippen molar-refractivity contribution in [2.45, 2.75) is 39.5 Å². The van der Waals surface area contributed by atoms with Gasteiger partial charge in [-0.25, -0.2) is 0 Å². The molecule has 0 heterocycles. The van der Waals surface area contributed by atoms with E-state index in [1.807, 2.05) is 6.92 Å². The molecule has 1 atom stereocenters. The van der Waals surface area contributed by atoms with Gasteiger partial charge in [-0.3, -0.25) is 0 Å². The Kier molecular flexibility index (Phi) is 8.35. The Hall–Kier alpha value is -0.150. The van der Waals surface area contributed by atoms with Crippen LogP contribution in [0, 0.1) is 5.92 Å². The summed E-state index contributed by atoms with van der Waals surface area (Å²) < 4.78 is 5.44. The van der Waals surface area contributed by atoms with Gasteiger partial charge in [-0.15, -0.1) is 0 Å². The van der Waals surface area contributed by atoms with Crippen LogP contribution in [0.25, 0.3) is 0 Å². The average molecular weight is 203 g/mol. The molecule has 0 saturated heterocycles. The van der Waals surface area contributed by atoms with Gasteiger partial charge in [0.1, 0.15) is 0 Å². The van der Waals surface area contributed by atoms with E-state index in [4.69, 9.17) is 22.7 Å². The summed E-state index contributed by atoms with van der Waals surface area (Å²) in [6, 6.07) is 0. The summed E-state index contributed by atoms with van der Waals surface area (Å²) in [7, 11) is 0. The van der Waals surface area contributed by atoms with Gasteiger partial charge in [-0.2, -0.15) is 0 Å². The normalized spacial score (nSPS) is 12.8. The monoisotopic (exact) mass is 203 g/mol. The summed E-state index contributed by atoms with van der Waals surface area (Å²) in [4.78, 5) is 0.550. The third-order valence-electron chi connectivity index (χ3n) is 2.00. The summed E-state index contributed by atoms with van der Waals surface area (Å²) >= 11 is 4.84. The van der Waals surface area contributed by atoms with E-state index in [1.54, 1.807) is 0 Å². The van der Waals surface area contributed by atoms with Crippen molar-refractivity contribution in [2.75, 3.05) is 13.2 Å². The van der Waals surface area contributed by atoms with Crippen molar-refractivity contribution in [3.8, 4) is 0 Å². The van der Waals surface area contributed by atoms with Crippen LogP contribution in [0.5, 0.6) is 0 Å². The number of thiocarbonyl (C=S) groups is 1. The molecule has 0 aliphatic heterocycles. The van der Waals surface area contributed by atoms with E-state index in [-0.39, 0.29) is 5.92 Å². The van der Waals surface area contributed by atoms with Crippen LogP contribution in [0.15, 0.2) is 0 Å². The third kappa shape index (κ3) is 8.19. The molecule has 0 bridgehead atoms. The van der Waals surface area contributed by atoms with Gasteiger partial charge < -0.3 is 10.5 Å². The number of hydrogen-bond donors (Lipinski definition) is 1. The highest BCUT2D eigenvalue weighted by atomic mass is 32.1. The maximum absolute atomic E-state index is 5.45. The smallest absolute Gasteiger partial charge is 0.0779 e. The summed E-state index contributed by atoms with van der Waals surface area (Å²) in [5.41, 5.74) is 5.45. The predicted octanol–water partition coefficient (Wildman–Crippen LogP) is 2.51. The molecular weight excluding hydrogens is 182 g/mol. The van der Waals surface area contributed by atoms with E-state index in [1.165, 1.54) is 19.3 Å². The third-order valence-corrected chi connectivity index (χ3v) is 2.40. The van der Waals surface area contributed by atoms with Crippen molar-refractivity contribution in [3.63, 3.8) is 0 Å². The van der Waals surface area contributed by atoms with Crippen molar-refractivity contribution in [2.24, 2.45) is 11.7 Å². The van der Waals surface area contributed by atoms with Gasteiger partial charge in [0.25, 0.3) is 0 Å². The maximum atomic E-state index is 5.45. The van der Waals surface area contributed by atoms with Crippen molar-refractivity contribution < 1.29 is 4.74 Å². The van der Waals surface area contributed by atoms with E-state index in [0.717, 1.165) is 13.0 Å². The molecule has 78 valence electrons. The summed E-state index contributed by atoms with van der Waals surface area (Å²) in [6.45, 7) is 5.71. The first-order valence-corrected chi connectivity index (χ1v) is 5.46. The largest absolute Gasteiger partial charge is 0.393 e. The molecule has 0 saturated carbocycles. The molecule has 0 aromatic heterocycles. The Bertz CT molecular complexity index is 139. The summed E-state index contributed by atoms with van der Waals surface area (Å²) in [6.07, 6.45) is 4.98.